The number of hydrogen-bond acceptors (Lipinski definition) is 5. The highest BCUT2D eigenvalue weighted by atomic mass is 16.5. The molecule has 0 radical (unpaired) electrons. The molecular weight excluding hydrogens is 218 g/mol. The van der Waals surface area contributed by atoms with Crippen LogP contribution in [0.1, 0.15) is 19.8 Å². The predicted molar refractivity (Wildman–Crippen MR) is 61.3 cm³/mol. The van der Waals surface area contributed by atoms with E-state index in [0.29, 0.717) is 24.4 Å². The highest BCUT2D eigenvalue weighted by Crippen LogP contribution is 2.19. The summed E-state index contributed by atoms with van der Waals surface area (Å²) in [4.78, 5) is 12.5. The molecule has 0 spiro atoms. The summed E-state index contributed by atoms with van der Waals surface area (Å²) in [5.74, 6) is 0.445. The van der Waals surface area contributed by atoms with Gasteiger partial charge in [0.05, 0.1) is 18.8 Å². The minimum absolute atomic E-state index is 0.323. The fraction of sp³-hybridized carbons (Fsp3) is 0.455. The topological polar surface area (TPSA) is 76.6 Å². The Balaban J connectivity index is 2.28. The normalized spacial score (nSPS) is 10.4. The van der Waals surface area contributed by atoms with E-state index in [0.717, 1.165) is 18.6 Å². The molecule has 0 aromatic carbocycles. The zero-order valence-electron chi connectivity index (χ0n) is 9.63. The minimum atomic E-state index is 0.323. The molecule has 0 amide bonds. The number of ether oxygens (including phenoxy) is 1. The molecule has 0 bridgehead atoms. The van der Waals surface area contributed by atoms with Crippen LogP contribution in [0.5, 0.6) is 5.88 Å². The molecule has 0 atom stereocenters. The van der Waals surface area contributed by atoms with E-state index in [1.54, 1.807) is 6.33 Å². The first-order valence-corrected chi connectivity index (χ1v) is 5.52. The second-order valence-corrected chi connectivity index (χ2v) is 3.55. The van der Waals surface area contributed by atoms with Crippen molar-refractivity contribution in [1.29, 1.82) is 5.26 Å². The van der Waals surface area contributed by atoms with E-state index in [1.165, 1.54) is 6.33 Å². The van der Waals surface area contributed by atoms with Crippen molar-refractivity contribution in [2.24, 2.45) is 0 Å². The van der Waals surface area contributed by atoms with Crippen LogP contribution in [0, 0.1) is 11.3 Å². The minimum Gasteiger partial charge on any atom is -0.475 e. The van der Waals surface area contributed by atoms with Gasteiger partial charge in [-0.05, 0) is 6.42 Å². The van der Waals surface area contributed by atoms with Gasteiger partial charge < -0.3 is 9.30 Å². The first-order valence-electron chi connectivity index (χ1n) is 5.52. The van der Waals surface area contributed by atoms with Gasteiger partial charge in [-0.2, -0.15) is 10.2 Å². The zero-order chi connectivity index (χ0) is 12.1. The fourth-order valence-corrected chi connectivity index (χ4v) is 1.56. The Labute approximate surface area is 98.9 Å². The van der Waals surface area contributed by atoms with Gasteiger partial charge in [-0.1, -0.05) is 6.92 Å². The summed E-state index contributed by atoms with van der Waals surface area (Å²) < 4.78 is 7.37. The summed E-state index contributed by atoms with van der Waals surface area (Å²) in [5, 5.41) is 8.45. The summed E-state index contributed by atoms with van der Waals surface area (Å²) >= 11 is 0. The number of rotatable bonds is 5. The van der Waals surface area contributed by atoms with Crippen LogP contribution in [0.15, 0.2) is 12.7 Å². The molecule has 0 fully saturated rings. The predicted octanol–water partition coefficient (Wildman–Crippen LogP) is 1.53. The standard InChI is InChI=1S/C11H13N5O/c1-2-5-16-8-15-9-10(16)13-7-14-11(9)17-6-3-4-12/h7-8H,2-3,5-6H2,1H3. The van der Waals surface area contributed by atoms with Crippen LogP contribution >= 0.6 is 0 Å². The molecule has 0 saturated heterocycles. The van der Waals surface area contributed by atoms with Gasteiger partial charge in [-0.3, -0.25) is 0 Å². The van der Waals surface area contributed by atoms with E-state index in [1.807, 2.05) is 10.6 Å². The van der Waals surface area contributed by atoms with Crippen molar-refractivity contribution >= 4 is 11.2 Å². The Kier molecular flexibility index (Phi) is 3.50. The van der Waals surface area contributed by atoms with Crippen molar-refractivity contribution < 1.29 is 4.74 Å². The van der Waals surface area contributed by atoms with E-state index < -0.39 is 0 Å². The summed E-state index contributed by atoms with van der Waals surface area (Å²) in [7, 11) is 0. The maximum Gasteiger partial charge on any atom is 0.245 e. The molecule has 0 aliphatic rings. The smallest absolute Gasteiger partial charge is 0.245 e. The van der Waals surface area contributed by atoms with Gasteiger partial charge >= 0.3 is 0 Å². The number of aryl methyl sites for hydroxylation is 1. The largest absolute Gasteiger partial charge is 0.475 e. The maximum atomic E-state index is 8.45. The van der Waals surface area contributed by atoms with Crippen LogP contribution in [0.25, 0.3) is 11.2 Å². The lowest BCUT2D eigenvalue weighted by atomic mass is 10.4. The summed E-state index contributed by atoms with van der Waals surface area (Å²) in [6, 6.07) is 2.02. The highest BCUT2D eigenvalue weighted by Gasteiger charge is 2.10. The van der Waals surface area contributed by atoms with E-state index in [-0.39, 0.29) is 0 Å². The first-order chi connectivity index (χ1) is 8.36. The van der Waals surface area contributed by atoms with E-state index in [9.17, 15) is 0 Å². The molecule has 0 N–H and O–H groups in total. The second kappa shape index (κ2) is 5.25. The Bertz CT molecular complexity index is 542. The average molecular weight is 231 g/mol. The van der Waals surface area contributed by atoms with Gasteiger partial charge in [0.15, 0.2) is 11.2 Å². The van der Waals surface area contributed by atoms with E-state index in [2.05, 4.69) is 21.9 Å². The maximum absolute atomic E-state index is 8.45. The molecule has 6 nitrogen and oxygen atoms in total. The quantitative estimate of drug-likeness (QED) is 0.729. The van der Waals surface area contributed by atoms with Gasteiger partial charge in [0, 0.05) is 6.54 Å². The monoisotopic (exact) mass is 231 g/mol. The molecule has 0 aliphatic carbocycles. The number of hydrogen-bond donors (Lipinski definition) is 0. The van der Waals surface area contributed by atoms with Crippen LogP contribution in [0.3, 0.4) is 0 Å². The Morgan fingerprint density at radius 2 is 2.29 bits per heavy atom. The number of aromatic nitrogens is 4. The van der Waals surface area contributed by atoms with Crippen LogP contribution in [0.2, 0.25) is 0 Å². The van der Waals surface area contributed by atoms with Crippen molar-refractivity contribution in [1.82, 2.24) is 19.5 Å². The third-order valence-electron chi connectivity index (χ3n) is 2.28. The Hall–Kier alpha value is -2.16. The van der Waals surface area contributed by atoms with Gasteiger partial charge in [-0.25, -0.2) is 9.97 Å². The zero-order valence-corrected chi connectivity index (χ0v) is 9.63. The highest BCUT2D eigenvalue weighted by molar-refractivity contribution is 5.75. The molecular formula is C11H13N5O. The SMILES string of the molecule is CCCn1cnc2c(OCCC#N)ncnc21. The fourth-order valence-electron chi connectivity index (χ4n) is 1.56. The number of imidazole rings is 1. The van der Waals surface area contributed by atoms with Crippen LogP contribution in [0.4, 0.5) is 0 Å². The molecule has 17 heavy (non-hydrogen) atoms. The summed E-state index contributed by atoms with van der Waals surface area (Å²) in [6.45, 7) is 3.28. The van der Waals surface area contributed by atoms with E-state index >= 15 is 0 Å². The first kappa shape index (κ1) is 11.3. The molecule has 2 aromatic rings. The number of nitrogens with zero attached hydrogens (tertiary/aromatic N) is 5. The van der Waals surface area contributed by atoms with Gasteiger partial charge in [0.2, 0.25) is 5.88 Å². The van der Waals surface area contributed by atoms with Crippen molar-refractivity contribution in [3.05, 3.63) is 12.7 Å². The van der Waals surface area contributed by atoms with E-state index in [4.69, 9.17) is 10.00 Å². The van der Waals surface area contributed by atoms with Crippen LogP contribution < -0.4 is 4.74 Å². The molecule has 0 aliphatic heterocycles. The van der Waals surface area contributed by atoms with Crippen LogP contribution in [-0.4, -0.2) is 26.1 Å². The third kappa shape index (κ3) is 2.33. The summed E-state index contributed by atoms with van der Waals surface area (Å²) in [5.41, 5.74) is 1.42. The molecule has 0 saturated carbocycles. The van der Waals surface area contributed by atoms with Gasteiger partial charge in [-0.15, -0.1) is 0 Å². The molecule has 6 heteroatoms. The third-order valence-corrected chi connectivity index (χ3v) is 2.28. The lowest BCUT2D eigenvalue weighted by Crippen LogP contribution is -2.01. The van der Waals surface area contributed by atoms with Gasteiger partial charge in [0.1, 0.15) is 12.9 Å². The van der Waals surface area contributed by atoms with Crippen molar-refractivity contribution in [2.75, 3.05) is 6.61 Å². The molecule has 88 valence electrons. The average Bonchev–Trinajstić information content (AvgIpc) is 2.75. The van der Waals surface area contributed by atoms with Crippen LogP contribution in [-0.2, 0) is 6.54 Å². The second-order valence-electron chi connectivity index (χ2n) is 3.55. The van der Waals surface area contributed by atoms with Crippen molar-refractivity contribution in [3.63, 3.8) is 0 Å². The number of nitriles is 1. The lowest BCUT2D eigenvalue weighted by Gasteiger charge is -2.03. The molecule has 0 unspecified atom stereocenters. The molecule has 2 aromatic heterocycles. The Morgan fingerprint density at radius 1 is 1.41 bits per heavy atom. The molecule has 2 rings (SSSR count). The van der Waals surface area contributed by atoms with Crippen molar-refractivity contribution in [2.45, 2.75) is 26.3 Å². The number of fused-ring (bicyclic) bond motifs is 1. The lowest BCUT2D eigenvalue weighted by molar-refractivity contribution is 0.317. The van der Waals surface area contributed by atoms with Crippen molar-refractivity contribution in [3.8, 4) is 11.9 Å². The summed E-state index contributed by atoms with van der Waals surface area (Å²) in [6.07, 6.45) is 4.54. The Morgan fingerprint density at radius 3 is 3.06 bits per heavy atom. The molecule has 2 heterocycles. The van der Waals surface area contributed by atoms with Gasteiger partial charge in [0.25, 0.3) is 0 Å².